The molecule has 8 heteroatoms. The number of aromatic nitrogens is 2. The van der Waals surface area contributed by atoms with E-state index in [0.29, 0.717) is 0 Å². The van der Waals surface area contributed by atoms with Gasteiger partial charge < -0.3 is 0 Å². The Hall–Kier alpha value is -2.87. The first-order valence-electron chi connectivity index (χ1n) is 7.18. The fraction of sp³-hybridized carbons (Fsp3) is 0.125. The predicted molar refractivity (Wildman–Crippen MR) is 92.5 cm³/mol. The van der Waals surface area contributed by atoms with Crippen LogP contribution in [0.1, 0.15) is 6.92 Å². The van der Waals surface area contributed by atoms with Gasteiger partial charge in [0.1, 0.15) is 6.33 Å². The molecule has 3 rings (SSSR count). The van der Waals surface area contributed by atoms with Gasteiger partial charge >= 0.3 is 0 Å². The maximum absolute atomic E-state index is 12.3. The molecule has 1 N–H and O–H groups in total. The summed E-state index contributed by atoms with van der Waals surface area (Å²) in [5.74, 6) is -0.179. The van der Waals surface area contributed by atoms with Crippen LogP contribution in [0, 0.1) is 10.1 Å². The van der Waals surface area contributed by atoms with E-state index < -0.39 is 4.92 Å². The van der Waals surface area contributed by atoms with E-state index in [1.165, 1.54) is 23.9 Å². The molecular weight excluding hydrogens is 328 g/mol. The van der Waals surface area contributed by atoms with Crippen LogP contribution in [0.25, 0.3) is 11.0 Å². The Morgan fingerprint density at radius 2 is 1.96 bits per heavy atom. The van der Waals surface area contributed by atoms with Crippen molar-refractivity contribution in [1.82, 2.24) is 9.66 Å². The summed E-state index contributed by atoms with van der Waals surface area (Å²) in [6, 6.07) is 13.6. The molecular formula is C16H14N4O3S. The van der Waals surface area contributed by atoms with Gasteiger partial charge in [-0.1, -0.05) is 12.1 Å². The monoisotopic (exact) mass is 342 g/mol. The van der Waals surface area contributed by atoms with Crippen molar-refractivity contribution < 1.29 is 9.72 Å². The number of carbonyl (C=O) groups is 1. The Kier molecular flexibility index (Phi) is 4.48. The summed E-state index contributed by atoms with van der Waals surface area (Å²) in [4.78, 5) is 27.6. The van der Waals surface area contributed by atoms with Crippen molar-refractivity contribution in [3.8, 4) is 0 Å². The highest BCUT2D eigenvalue weighted by Gasteiger charge is 2.16. The Labute approximate surface area is 141 Å². The number of nitrogens with one attached hydrogen (secondary N) is 1. The van der Waals surface area contributed by atoms with Gasteiger partial charge in [0.25, 0.3) is 11.6 Å². The molecule has 0 bridgehead atoms. The molecule has 0 aliphatic carbocycles. The summed E-state index contributed by atoms with van der Waals surface area (Å²) < 4.78 is 1.59. The Balaban J connectivity index is 1.67. The number of nitro benzene ring substituents is 1. The molecule has 122 valence electrons. The van der Waals surface area contributed by atoms with Crippen LogP contribution in [0.4, 0.5) is 5.69 Å². The third-order valence-electron chi connectivity index (χ3n) is 3.41. The number of benzene rings is 2. The van der Waals surface area contributed by atoms with E-state index in [9.17, 15) is 14.9 Å². The maximum Gasteiger partial charge on any atom is 0.269 e. The first-order chi connectivity index (χ1) is 11.5. The number of rotatable bonds is 5. The lowest BCUT2D eigenvalue weighted by Crippen LogP contribution is -2.29. The van der Waals surface area contributed by atoms with Crippen LogP contribution in [-0.4, -0.2) is 25.7 Å². The second-order valence-corrected chi connectivity index (χ2v) is 6.50. The zero-order valence-electron chi connectivity index (χ0n) is 12.7. The lowest BCUT2D eigenvalue weighted by Gasteiger charge is -2.13. The summed E-state index contributed by atoms with van der Waals surface area (Å²) in [6.45, 7) is 1.78. The van der Waals surface area contributed by atoms with Gasteiger partial charge in [0.15, 0.2) is 0 Å². The van der Waals surface area contributed by atoms with Crippen LogP contribution >= 0.6 is 11.8 Å². The van der Waals surface area contributed by atoms with Gasteiger partial charge in [-0.3, -0.25) is 20.3 Å². The lowest BCUT2D eigenvalue weighted by atomic mass is 10.3. The number of non-ortho nitro benzene ring substituents is 1. The van der Waals surface area contributed by atoms with Gasteiger partial charge in [-0.2, -0.15) is 0 Å². The van der Waals surface area contributed by atoms with Crippen molar-refractivity contribution in [2.45, 2.75) is 17.1 Å². The van der Waals surface area contributed by atoms with Gasteiger partial charge in [0.2, 0.25) is 0 Å². The molecule has 0 fully saturated rings. The summed E-state index contributed by atoms with van der Waals surface area (Å²) in [7, 11) is 0. The second-order valence-electron chi connectivity index (χ2n) is 5.09. The molecule has 0 saturated heterocycles. The standard InChI is InChI=1S/C16H14N4O3S/c1-11(24-13-8-6-12(7-9-13)20(22)23)16(21)18-19-10-17-14-4-2-3-5-15(14)19/h2-11H,1H3,(H,18,21). The largest absolute Gasteiger partial charge is 0.272 e. The number of imidazole rings is 1. The molecule has 0 saturated carbocycles. The van der Waals surface area contributed by atoms with E-state index in [4.69, 9.17) is 0 Å². The average Bonchev–Trinajstić information content (AvgIpc) is 2.98. The van der Waals surface area contributed by atoms with Gasteiger partial charge in [0.05, 0.1) is 21.2 Å². The maximum atomic E-state index is 12.3. The normalized spacial score (nSPS) is 12.0. The molecule has 1 aromatic heterocycles. The average molecular weight is 342 g/mol. The highest BCUT2D eigenvalue weighted by atomic mass is 32.2. The number of para-hydroxylation sites is 2. The third-order valence-corrected chi connectivity index (χ3v) is 4.53. The van der Waals surface area contributed by atoms with Gasteiger partial charge in [-0.15, -0.1) is 11.8 Å². The molecule has 7 nitrogen and oxygen atoms in total. The minimum absolute atomic E-state index is 0.0290. The number of carbonyl (C=O) groups excluding carboxylic acids is 1. The van der Waals surface area contributed by atoms with Gasteiger partial charge in [-0.25, -0.2) is 9.66 Å². The SMILES string of the molecule is CC(Sc1ccc([N+](=O)[O-])cc1)C(=O)Nn1cnc2ccccc21. The molecule has 0 spiro atoms. The van der Waals surface area contributed by atoms with E-state index in [1.807, 2.05) is 24.3 Å². The topological polar surface area (TPSA) is 90.1 Å². The molecule has 0 aliphatic rings. The van der Waals surface area contributed by atoms with Crippen molar-refractivity contribution in [3.63, 3.8) is 0 Å². The van der Waals surface area contributed by atoms with E-state index in [0.717, 1.165) is 15.9 Å². The molecule has 1 heterocycles. The Morgan fingerprint density at radius 1 is 1.25 bits per heavy atom. The molecule has 24 heavy (non-hydrogen) atoms. The molecule has 1 unspecified atom stereocenters. The van der Waals surface area contributed by atoms with Crippen LogP contribution < -0.4 is 5.43 Å². The summed E-state index contributed by atoms with van der Waals surface area (Å²) in [5, 5.41) is 10.3. The van der Waals surface area contributed by atoms with Crippen molar-refractivity contribution in [3.05, 3.63) is 65.0 Å². The minimum Gasteiger partial charge on any atom is -0.272 e. The Morgan fingerprint density at radius 3 is 2.67 bits per heavy atom. The van der Waals surface area contributed by atoms with E-state index in [-0.39, 0.29) is 16.8 Å². The third kappa shape index (κ3) is 3.38. The predicted octanol–water partition coefficient (Wildman–Crippen LogP) is 3.20. The van der Waals surface area contributed by atoms with Crippen molar-refractivity contribution in [2.75, 3.05) is 5.43 Å². The molecule has 1 atom stereocenters. The molecule has 3 aromatic rings. The number of hydrogen-bond donors (Lipinski definition) is 1. The smallest absolute Gasteiger partial charge is 0.269 e. The fourth-order valence-corrected chi connectivity index (χ4v) is 3.02. The van der Waals surface area contributed by atoms with Crippen molar-refractivity contribution in [2.24, 2.45) is 0 Å². The fourth-order valence-electron chi connectivity index (χ4n) is 2.16. The van der Waals surface area contributed by atoms with Crippen molar-refractivity contribution in [1.29, 1.82) is 0 Å². The number of thioether (sulfide) groups is 1. The Bertz CT molecular complexity index is 892. The number of hydrogen-bond acceptors (Lipinski definition) is 5. The zero-order valence-corrected chi connectivity index (χ0v) is 13.6. The number of nitro groups is 1. The summed E-state index contributed by atoms with van der Waals surface area (Å²) >= 11 is 1.33. The van der Waals surface area contributed by atoms with Gasteiger partial charge in [-0.05, 0) is 31.2 Å². The zero-order chi connectivity index (χ0) is 17.1. The highest BCUT2D eigenvalue weighted by Crippen LogP contribution is 2.25. The first-order valence-corrected chi connectivity index (χ1v) is 8.06. The summed E-state index contributed by atoms with van der Waals surface area (Å²) in [5.41, 5.74) is 4.45. The van der Waals surface area contributed by atoms with Crippen LogP contribution in [0.5, 0.6) is 0 Å². The summed E-state index contributed by atoms with van der Waals surface area (Å²) in [6.07, 6.45) is 1.56. The highest BCUT2D eigenvalue weighted by molar-refractivity contribution is 8.00. The number of fused-ring (bicyclic) bond motifs is 1. The lowest BCUT2D eigenvalue weighted by molar-refractivity contribution is -0.384. The van der Waals surface area contributed by atoms with Crippen LogP contribution in [0.2, 0.25) is 0 Å². The molecule has 0 aliphatic heterocycles. The van der Waals surface area contributed by atoms with Crippen LogP contribution in [0.3, 0.4) is 0 Å². The second kappa shape index (κ2) is 6.71. The van der Waals surface area contributed by atoms with Crippen LogP contribution in [0.15, 0.2) is 59.8 Å². The molecule has 2 aromatic carbocycles. The molecule has 1 amide bonds. The van der Waals surface area contributed by atoms with E-state index in [2.05, 4.69) is 10.4 Å². The number of amides is 1. The van der Waals surface area contributed by atoms with Gasteiger partial charge in [0, 0.05) is 17.0 Å². The number of nitrogens with zero attached hydrogens (tertiary/aromatic N) is 3. The van der Waals surface area contributed by atoms with Crippen LogP contribution in [-0.2, 0) is 4.79 Å². The quantitative estimate of drug-likeness (QED) is 0.437. The first kappa shape index (κ1) is 16.0. The van der Waals surface area contributed by atoms with E-state index in [1.54, 1.807) is 30.1 Å². The van der Waals surface area contributed by atoms with E-state index >= 15 is 0 Å². The molecule has 0 radical (unpaired) electrons. The van der Waals surface area contributed by atoms with Crippen molar-refractivity contribution >= 4 is 34.4 Å². The minimum atomic E-state index is -0.450.